The molecule has 0 radical (unpaired) electrons. The van der Waals surface area contributed by atoms with Gasteiger partial charge < -0.3 is 4.90 Å². The van der Waals surface area contributed by atoms with Gasteiger partial charge in [-0.15, -0.1) is 0 Å². The molecule has 0 unspecified atom stereocenters. The maximum Gasteiger partial charge on any atom is 0.147 e. The van der Waals surface area contributed by atoms with E-state index in [0.29, 0.717) is 12.0 Å². The Kier molecular flexibility index (Phi) is 4.59. The van der Waals surface area contributed by atoms with Gasteiger partial charge in [0.1, 0.15) is 5.82 Å². The zero-order valence-electron chi connectivity index (χ0n) is 15.7. The number of benzene rings is 1. The molecule has 1 aliphatic heterocycles. The fourth-order valence-electron chi connectivity index (χ4n) is 4.17. The van der Waals surface area contributed by atoms with Crippen molar-refractivity contribution in [3.8, 4) is 0 Å². The molecule has 1 aliphatic rings. The standard InChI is InChI=1S/C20H26N6/c1-24-12-6-7-15(20(24)18-10-11-22-26(18)3)14-25(2)19-13-21-16-8-4-5-9-17(16)23-19/h4-5,8-11,13,15,20H,6-7,12,14H2,1-3H3/t15-,20+/m0/s1. The molecule has 0 saturated carbocycles. The molecule has 6 heteroatoms. The molecule has 0 aliphatic carbocycles. The minimum atomic E-state index is 0.382. The maximum absolute atomic E-state index is 4.80. The van der Waals surface area contributed by atoms with Gasteiger partial charge in [0, 0.05) is 26.8 Å². The van der Waals surface area contributed by atoms with Crippen LogP contribution < -0.4 is 4.90 Å². The van der Waals surface area contributed by atoms with Crippen molar-refractivity contribution in [2.45, 2.75) is 18.9 Å². The van der Waals surface area contributed by atoms with Crippen molar-refractivity contribution in [2.24, 2.45) is 13.0 Å². The molecule has 2 aromatic heterocycles. The van der Waals surface area contributed by atoms with Crippen LogP contribution in [0.3, 0.4) is 0 Å². The molecule has 1 aromatic carbocycles. The highest BCUT2D eigenvalue weighted by Crippen LogP contribution is 2.35. The number of nitrogens with zero attached hydrogens (tertiary/aromatic N) is 6. The summed E-state index contributed by atoms with van der Waals surface area (Å²) in [5, 5.41) is 4.39. The molecule has 136 valence electrons. The van der Waals surface area contributed by atoms with Gasteiger partial charge in [0.2, 0.25) is 0 Å². The minimum Gasteiger partial charge on any atom is -0.358 e. The number of aromatic nitrogens is 4. The van der Waals surface area contributed by atoms with Crippen LogP contribution in [0.1, 0.15) is 24.6 Å². The van der Waals surface area contributed by atoms with E-state index >= 15 is 0 Å². The van der Waals surface area contributed by atoms with Crippen LogP contribution >= 0.6 is 0 Å². The quantitative estimate of drug-likeness (QED) is 0.724. The lowest BCUT2D eigenvalue weighted by atomic mass is 9.87. The second-order valence-corrected chi connectivity index (χ2v) is 7.30. The second kappa shape index (κ2) is 7.03. The topological polar surface area (TPSA) is 50.1 Å². The molecule has 4 rings (SSSR count). The summed E-state index contributed by atoms with van der Waals surface area (Å²) in [6.07, 6.45) is 6.22. The molecule has 2 atom stereocenters. The lowest BCUT2D eigenvalue weighted by Gasteiger charge is -2.40. The number of fused-ring (bicyclic) bond motifs is 1. The number of anilines is 1. The first-order valence-electron chi connectivity index (χ1n) is 9.24. The summed E-state index contributed by atoms with van der Waals surface area (Å²) in [6.45, 7) is 2.08. The van der Waals surface area contributed by atoms with E-state index in [1.165, 1.54) is 18.5 Å². The van der Waals surface area contributed by atoms with Crippen molar-refractivity contribution < 1.29 is 0 Å². The summed E-state index contributed by atoms with van der Waals surface area (Å²) in [6, 6.07) is 10.6. The van der Waals surface area contributed by atoms with Gasteiger partial charge in [-0.25, -0.2) is 4.98 Å². The van der Waals surface area contributed by atoms with Crippen molar-refractivity contribution in [3.05, 3.63) is 48.4 Å². The SMILES string of the molecule is CN(C[C@@H]1CCCN(C)[C@H]1c1ccnn1C)c1cnc2ccccc2n1. The molecule has 26 heavy (non-hydrogen) atoms. The predicted molar refractivity (Wildman–Crippen MR) is 104 cm³/mol. The summed E-state index contributed by atoms with van der Waals surface area (Å²) in [4.78, 5) is 14.1. The first-order chi connectivity index (χ1) is 12.6. The Morgan fingerprint density at radius 1 is 1.15 bits per heavy atom. The van der Waals surface area contributed by atoms with Crippen LogP contribution in [-0.2, 0) is 7.05 Å². The zero-order valence-corrected chi connectivity index (χ0v) is 15.7. The summed E-state index contributed by atoms with van der Waals surface area (Å²) >= 11 is 0. The monoisotopic (exact) mass is 350 g/mol. The van der Waals surface area contributed by atoms with Crippen molar-refractivity contribution in [1.29, 1.82) is 0 Å². The van der Waals surface area contributed by atoms with Gasteiger partial charge in [-0.2, -0.15) is 5.10 Å². The third-order valence-corrected chi connectivity index (χ3v) is 5.50. The average molecular weight is 350 g/mol. The summed E-state index contributed by atoms with van der Waals surface area (Å²) < 4.78 is 2.01. The van der Waals surface area contributed by atoms with Crippen LogP contribution in [0, 0.1) is 5.92 Å². The molecule has 1 saturated heterocycles. The Labute approximate surface area is 154 Å². The highest BCUT2D eigenvalue weighted by Gasteiger charge is 2.33. The van der Waals surface area contributed by atoms with Gasteiger partial charge in [-0.3, -0.25) is 14.6 Å². The first kappa shape index (κ1) is 17.0. The third-order valence-electron chi connectivity index (χ3n) is 5.50. The van der Waals surface area contributed by atoms with E-state index < -0.39 is 0 Å². The van der Waals surface area contributed by atoms with Gasteiger partial charge >= 0.3 is 0 Å². The minimum absolute atomic E-state index is 0.382. The number of aryl methyl sites for hydroxylation is 1. The predicted octanol–water partition coefficient (Wildman–Crippen LogP) is 2.88. The highest BCUT2D eigenvalue weighted by atomic mass is 15.3. The van der Waals surface area contributed by atoms with Crippen LogP contribution in [0.5, 0.6) is 0 Å². The normalized spacial score (nSPS) is 21.2. The van der Waals surface area contributed by atoms with E-state index in [9.17, 15) is 0 Å². The van der Waals surface area contributed by atoms with Gasteiger partial charge in [-0.1, -0.05) is 12.1 Å². The second-order valence-electron chi connectivity index (χ2n) is 7.30. The van der Waals surface area contributed by atoms with Gasteiger partial charge in [0.05, 0.1) is 29.0 Å². The van der Waals surface area contributed by atoms with Crippen molar-refractivity contribution in [3.63, 3.8) is 0 Å². The fraction of sp³-hybridized carbons (Fsp3) is 0.450. The van der Waals surface area contributed by atoms with E-state index in [2.05, 4.69) is 40.0 Å². The van der Waals surface area contributed by atoms with Crippen LogP contribution in [0.25, 0.3) is 11.0 Å². The lowest BCUT2D eigenvalue weighted by Crippen LogP contribution is -2.42. The number of hydrogen-bond donors (Lipinski definition) is 0. The highest BCUT2D eigenvalue weighted by molar-refractivity contribution is 5.75. The van der Waals surface area contributed by atoms with Crippen LogP contribution in [0.2, 0.25) is 0 Å². The Morgan fingerprint density at radius 2 is 1.96 bits per heavy atom. The number of rotatable bonds is 4. The first-order valence-corrected chi connectivity index (χ1v) is 9.24. The van der Waals surface area contributed by atoms with Crippen LogP contribution in [0.4, 0.5) is 5.82 Å². The van der Waals surface area contributed by atoms with E-state index in [1.807, 2.05) is 48.4 Å². The number of piperidine rings is 1. The molecule has 6 nitrogen and oxygen atoms in total. The van der Waals surface area contributed by atoms with Gasteiger partial charge in [0.15, 0.2) is 0 Å². The average Bonchev–Trinajstić information content (AvgIpc) is 3.07. The van der Waals surface area contributed by atoms with E-state index in [1.54, 1.807) is 0 Å². The molecular weight excluding hydrogens is 324 g/mol. The summed E-state index contributed by atoms with van der Waals surface area (Å²) in [5.74, 6) is 1.46. The van der Waals surface area contributed by atoms with E-state index in [0.717, 1.165) is 29.9 Å². The number of hydrogen-bond acceptors (Lipinski definition) is 5. The van der Waals surface area contributed by atoms with Crippen molar-refractivity contribution in [1.82, 2.24) is 24.6 Å². The molecular formula is C20H26N6. The van der Waals surface area contributed by atoms with E-state index in [4.69, 9.17) is 4.98 Å². The maximum atomic E-state index is 4.80. The van der Waals surface area contributed by atoms with Crippen LogP contribution in [0.15, 0.2) is 42.7 Å². The number of para-hydroxylation sites is 2. The van der Waals surface area contributed by atoms with Crippen molar-refractivity contribution in [2.75, 3.05) is 32.1 Å². The largest absolute Gasteiger partial charge is 0.358 e. The Bertz CT molecular complexity index is 889. The smallest absolute Gasteiger partial charge is 0.147 e. The van der Waals surface area contributed by atoms with Crippen LogP contribution in [-0.4, -0.2) is 51.8 Å². The van der Waals surface area contributed by atoms with Gasteiger partial charge in [-0.05, 0) is 50.6 Å². The van der Waals surface area contributed by atoms with Gasteiger partial charge in [0.25, 0.3) is 0 Å². The number of likely N-dealkylation sites (tertiary alicyclic amines) is 1. The summed E-state index contributed by atoms with van der Waals surface area (Å²) in [7, 11) is 6.38. The zero-order chi connectivity index (χ0) is 18.1. The lowest BCUT2D eigenvalue weighted by molar-refractivity contribution is 0.118. The Balaban J connectivity index is 1.58. The molecule has 1 fully saturated rings. The molecule has 0 bridgehead atoms. The Morgan fingerprint density at radius 3 is 2.73 bits per heavy atom. The molecule has 3 aromatic rings. The molecule has 0 N–H and O–H groups in total. The Hall–Kier alpha value is -2.47. The third kappa shape index (κ3) is 3.17. The molecule has 0 spiro atoms. The van der Waals surface area contributed by atoms with E-state index in [-0.39, 0.29) is 0 Å². The van der Waals surface area contributed by atoms with Crippen molar-refractivity contribution >= 4 is 16.9 Å². The summed E-state index contributed by atoms with van der Waals surface area (Å²) in [5.41, 5.74) is 3.17. The molecule has 0 amide bonds. The molecule has 3 heterocycles. The fourth-order valence-corrected chi connectivity index (χ4v) is 4.17.